The van der Waals surface area contributed by atoms with E-state index >= 15 is 0 Å². The van der Waals surface area contributed by atoms with Crippen LogP contribution in [0.1, 0.15) is 296 Å². The highest BCUT2D eigenvalue weighted by Crippen LogP contribution is 2.17. The van der Waals surface area contributed by atoms with Crippen molar-refractivity contribution in [3.8, 4) is 0 Å². The summed E-state index contributed by atoms with van der Waals surface area (Å²) in [5.41, 5.74) is 0. The van der Waals surface area contributed by atoms with Gasteiger partial charge in [0.1, 0.15) is 6.61 Å². The van der Waals surface area contributed by atoms with Crippen molar-refractivity contribution in [1.82, 2.24) is 0 Å². The standard InChI is InChI=1S/C63H112O5/c1-3-5-7-9-11-13-15-17-18-19-20-21-22-23-24-25-26-27-28-29-30-31-32-33-34-35-36-37-38-39-40-41-42-43-44-46-48-50-52-54-56-58-63(66)68-61(59-64)60-67-62(65)57-55-53-51-49-47-45-16-14-12-10-8-6-4-2/h5,7,11,13-14,16-18,20-21,23-24,61,64H,3-4,6,8-10,12,15,19,22,25-60H2,1-2H3/b7-5-,13-11-,16-14-,18-17-,21-20-,24-23-. The minimum absolute atomic E-state index is 0.0674. The molecule has 1 unspecified atom stereocenters. The van der Waals surface area contributed by atoms with E-state index in [-0.39, 0.29) is 25.2 Å². The Bertz CT molecular complexity index is 1210. The molecular formula is C63H112O5. The molecule has 0 aliphatic carbocycles. The zero-order chi connectivity index (χ0) is 49.2. The SMILES string of the molecule is CC/C=C\C/C=C\C/C=C\C/C=C\C/C=C\CCCCCCCCCCCCCCCCCCCCCCCCCCCC(=O)OC(CO)COC(=O)CCCCCCC/C=C\CCCCCC. The summed E-state index contributed by atoms with van der Waals surface area (Å²) < 4.78 is 10.7. The molecule has 68 heavy (non-hydrogen) atoms. The van der Waals surface area contributed by atoms with Crippen molar-refractivity contribution in [2.24, 2.45) is 0 Å². The maximum absolute atomic E-state index is 12.3. The van der Waals surface area contributed by atoms with Crippen LogP contribution < -0.4 is 0 Å². The Morgan fingerprint density at radius 2 is 0.632 bits per heavy atom. The molecule has 0 aliphatic rings. The molecule has 0 rings (SSSR count). The lowest BCUT2D eigenvalue weighted by atomic mass is 10.0. The molecule has 0 aromatic carbocycles. The van der Waals surface area contributed by atoms with Crippen molar-refractivity contribution in [3.63, 3.8) is 0 Å². The van der Waals surface area contributed by atoms with E-state index in [9.17, 15) is 14.7 Å². The first-order valence-corrected chi connectivity index (χ1v) is 29.5. The Hall–Kier alpha value is -2.66. The largest absolute Gasteiger partial charge is 0.462 e. The maximum Gasteiger partial charge on any atom is 0.306 e. The Morgan fingerprint density at radius 3 is 0.971 bits per heavy atom. The monoisotopic (exact) mass is 949 g/mol. The number of esters is 2. The van der Waals surface area contributed by atoms with E-state index in [0.29, 0.717) is 12.8 Å². The number of hydrogen-bond donors (Lipinski definition) is 1. The first-order valence-electron chi connectivity index (χ1n) is 29.5. The van der Waals surface area contributed by atoms with Gasteiger partial charge in [0.05, 0.1) is 6.61 Å². The smallest absolute Gasteiger partial charge is 0.306 e. The molecule has 0 aromatic heterocycles. The van der Waals surface area contributed by atoms with Crippen LogP contribution in [0.2, 0.25) is 0 Å². The van der Waals surface area contributed by atoms with E-state index in [1.54, 1.807) is 0 Å². The second-order valence-corrected chi connectivity index (χ2v) is 19.7. The molecule has 0 amide bonds. The number of rotatable bonds is 54. The highest BCUT2D eigenvalue weighted by molar-refractivity contribution is 5.70. The highest BCUT2D eigenvalue weighted by Gasteiger charge is 2.16. The van der Waals surface area contributed by atoms with Gasteiger partial charge in [0, 0.05) is 12.8 Å². The van der Waals surface area contributed by atoms with Gasteiger partial charge >= 0.3 is 11.9 Å². The minimum Gasteiger partial charge on any atom is -0.462 e. The summed E-state index contributed by atoms with van der Waals surface area (Å²) in [6.45, 7) is 4.02. The number of unbranched alkanes of at least 4 members (excludes halogenated alkanes) is 34. The molecule has 0 bridgehead atoms. The molecule has 0 heterocycles. The lowest BCUT2D eigenvalue weighted by Crippen LogP contribution is -2.28. The van der Waals surface area contributed by atoms with E-state index in [0.717, 1.165) is 77.0 Å². The number of aliphatic hydroxyl groups is 1. The number of hydrogen-bond acceptors (Lipinski definition) is 5. The van der Waals surface area contributed by atoms with Crippen molar-refractivity contribution in [2.75, 3.05) is 13.2 Å². The van der Waals surface area contributed by atoms with E-state index in [1.165, 1.54) is 193 Å². The van der Waals surface area contributed by atoms with Crippen molar-refractivity contribution in [3.05, 3.63) is 72.9 Å². The van der Waals surface area contributed by atoms with Gasteiger partial charge in [-0.1, -0.05) is 273 Å². The Morgan fingerprint density at radius 1 is 0.353 bits per heavy atom. The molecule has 394 valence electrons. The molecule has 1 atom stereocenters. The van der Waals surface area contributed by atoms with Crippen molar-refractivity contribution in [1.29, 1.82) is 0 Å². The highest BCUT2D eigenvalue weighted by atomic mass is 16.6. The summed E-state index contributed by atoms with van der Waals surface area (Å²) >= 11 is 0. The van der Waals surface area contributed by atoms with Gasteiger partial charge in [-0.3, -0.25) is 9.59 Å². The Balaban J connectivity index is 3.39. The van der Waals surface area contributed by atoms with Crippen molar-refractivity contribution in [2.45, 2.75) is 302 Å². The molecule has 0 saturated carbocycles. The minimum atomic E-state index is -0.773. The van der Waals surface area contributed by atoms with Crippen LogP contribution in [0.3, 0.4) is 0 Å². The fourth-order valence-electron chi connectivity index (χ4n) is 8.58. The second-order valence-electron chi connectivity index (χ2n) is 19.7. The topological polar surface area (TPSA) is 72.8 Å². The van der Waals surface area contributed by atoms with Gasteiger partial charge in [-0.15, -0.1) is 0 Å². The molecule has 0 aliphatic heterocycles. The van der Waals surface area contributed by atoms with Gasteiger partial charge in [-0.25, -0.2) is 0 Å². The van der Waals surface area contributed by atoms with Crippen molar-refractivity contribution >= 4 is 11.9 Å². The van der Waals surface area contributed by atoms with Crippen LogP contribution in [0.15, 0.2) is 72.9 Å². The lowest BCUT2D eigenvalue weighted by molar-refractivity contribution is -0.161. The number of ether oxygens (including phenoxy) is 2. The third-order valence-electron chi connectivity index (χ3n) is 13.0. The fourth-order valence-corrected chi connectivity index (χ4v) is 8.58. The molecular weight excluding hydrogens is 837 g/mol. The van der Waals surface area contributed by atoms with Gasteiger partial charge < -0.3 is 14.6 Å². The average molecular weight is 950 g/mol. The van der Waals surface area contributed by atoms with Crippen LogP contribution in [0.25, 0.3) is 0 Å². The van der Waals surface area contributed by atoms with E-state index in [2.05, 4.69) is 86.8 Å². The first kappa shape index (κ1) is 65.3. The molecule has 0 saturated heterocycles. The molecule has 5 nitrogen and oxygen atoms in total. The number of allylic oxidation sites excluding steroid dienone is 12. The fraction of sp³-hybridized carbons (Fsp3) is 0.778. The number of carbonyl (C=O) groups is 2. The summed E-state index contributed by atoms with van der Waals surface area (Å²) in [6.07, 6.45) is 80.5. The van der Waals surface area contributed by atoms with Gasteiger partial charge in [0.25, 0.3) is 0 Å². The summed E-state index contributed by atoms with van der Waals surface area (Å²) in [6, 6.07) is 0. The van der Waals surface area contributed by atoms with Gasteiger partial charge in [0.15, 0.2) is 6.10 Å². The third-order valence-corrected chi connectivity index (χ3v) is 13.0. The van der Waals surface area contributed by atoms with Crippen LogP contribution in [-0.2, 0) is 19.1 Å². The summed E-state index contributed by atoms with van der Waals surface area (Å²) in [7, 11) is 0. The van der Waals surface area contributed by atoms with E-state index < -0.39 is 6.10 Å². The summed E-state index contributed by atoms with van der Waals surface area (Å²) in [4.78, 5) is 24.4. The summed E-state index contributed by atoms with van der Waals surface area (Å²) in [5, 5.41) is 9.62. The average Bonchev–Trinajstić information content (AvgIpc) is 3.34. The normalized spacial score (nSPS) is 12.7. The zero-order valence-corrected chi connectivity index (χ0v) is 45.1. The molecule has 0 aromatic rings. The van der Waals surface area contributed by atoms with Gasteiger partial charge in [-0.05, 0) is 83.5 Å². The molecule has 0 radical (unpaired) electrons. The van der Waals surface area contributed by atoms with Crippen LogP contribution >= 0.6 is 0 Å². The second kappa shape index (κ2) is 58.7. The third kappa shape index (κ3) is 55.9. The zero-order valence-electron chi connectivity index (χ0n) is 45.1. The molecule has 0 fully saturated rings. The molecule has 5 heteroatoms. The number of aliphatic hydroxyl groups excluding tert-OH is 1. The van der Waals surface area contributed by atoms with Crippen LogP contribution in [0.5, 0.6) is 0 Å². The summed E-state index contributed by atoms with van der Waals surface area (Å²) in [5.74, 6) is -0.590. The maximum atomic E-state index is 12.3. The first-order chi connectivity index (χ1) is 33.6. The predicted molar refractivity (Wildman–Crippen MR) is 297 cm³/mol. The predicted octanol–water partition coefficient (Wildman–Crippen LogP) is 20.0. The molecule has 0 spiro atoms. The lowest BCUT2D eigenvalue weighted by Gasteiger charge is -2.15. The van der Waals surface area contributed by atoms with E-state index in [4.69, 9.17) is 9.47 Å². The van der Waals surface area contributed by atoms with Crippen LogP contribution in [-0.4, -0.2) is 36.4 Å². The van der Waals surface area contributed by atoms with Gasteiger partial charge in [0.2, 0.25) is 0 Å². The van der Waals surface area contributed by atoms with E-state index in [1.807, 2.05) is 0 Å². The van der Waals surface area contributed by atoms with Gasteiger partial charge in [-0.2, -0.15) is 0 Å². The molecule has 1 N–H and O–H groups in total. The Kier molecular flexibility index (Phi) is 56.4. The Labute approximate surface area is 423 Å². The van der Waals surface area contributed by atoms with Crippen LogP contribution in [0.4, 0.5) is 0 Å². The van der Waals surface area contributed by atoms with Crippen LogP contribution in [0, 0.1) is 0 Å². The van der Waals surface area contributed by atoms with Crippen molar-refractivity contribution < 1.29 is 24.2 Å². The quantitative estimate of drug-likeness (QED) is 0.0374. The number of carbonyl (C=O) groups excluding carboxylic acids is 2.